The number of fused-ring (bicyclic) bond motifs is 1. The number of hydrogen-bond donors (Lipinski definition) is 1. The average Bonchev–Trinajstić information content (AvgIpc) is 2.69. The van der Waals surface area contributed by atoms with Crippen LogP contribution in [0.1, 0.15) is 18.1 Å². The molecule has 1 atom stereocenters. The fraction of sp³-hybridized carbons (Fsp3) is 0.273. The predicted molar refractivity (Wildman–Crippen MR) is 108 cm³/mol. The highest BCUT2D eigenvalue weighted by Gasteiger charge is 2.16. The number of benzene rings is 2. The predicted octanol–water partition coefficient (Wildman–Crippen LogP) is 3.73. The number of hydrogen-bond acceptors (Lipinski definition) is 5. The molecule has 0 amide bonds. The molecule has 0 aliphatic heterocycles. The number of carboxylic acid groups (broad SMARTS) is 1. The fourth-order valence-electron chi connectivity index (χ4n) is 3.14. The number of pyridine rings is 1. The largest absolute Gasteiger partial charge is 0.494 e. The van der Waals surface area contributed by atoms with Gasteiger partial charge in [0, 0.05) is 30.2 Å². The number of aromatic nitrogens is 1. The van der Waals surface area contributed by atoms with Gasteiger partial charge in [0.2, 0.25) is 0 Å². The van der Waals surface area contributed by atoms with E-state index in [0.29, 0.717) is 18.8 Å². The standard InChI is InChI=1S/C22H24N2O4/c1-15(22(25)26)28-19-9-5-4-7-17(19)14-24(2)13-16-10-11-20(27-3)21-18(16)8-6-12-23-21/h4-12,15H,13-14H2,1-3H3,(H,25,26). The lowest BCUT2D eigenvalue weighted by atomic mass is 10.1. The van der Waals surface area contributed by atoms with Crippen molar-refractivity contribution in [3.05, 3.63) is 65.9 Å². The number of para-hydroxylation sites is 1. The second-order valence-corrected chi connectivity index (χ2v) is 6.70. The van der Waals surface area contributed by atoms with E-state index in [2.05, 4.69) is 9.88 Å². The summed E-state index contributed by atoms with van der Waals surface area (Å²) in [6.07, 6.45) is 0.860. The molecule has 1 aromatic heterocycles. The molecule has 3 rings (SSSR count). The number of aliphatic carboxylic acids is 1. The van der Waals surface area contributed by atoms with Crippen LogP contribution in [-0.4, -0.2) is 41.2 Å². The Labute approximate surface area is 164 Å². The maximum atomic E-state index is 11.1. The smallest absolute Gasteiger partial charge is 0.344 e. The Morgan fingerprint density at radius 3 is 2.57 bits per heavy atom. The molecule has 0 fully saturated rings. The second-order valence-electron chi connectivity index (χ2n) is 6.70. The summed E-state index contributed by atoms with van der Waals surface area (Å²) in [7, 11) is 3.66. The summed E-state index contributed by atoms with van der Waals surface area (Å²) in [6.45, 7) is 2.85. The van der Waals surface area contributed by atoms with E-state index >= 15 is 0 Å². The van der Waals surface area contributed by atoms with E-state index in [-0.39, 0.29) is 0 Å². The van der Waals surface area contributed by atoms with Crippen molar-refractivity contribution in [2.75, 3.05) is 14.2 Å². The molecular formula is C22H24N2O4. The fourth-order valence-corrected chi connectivity index (χ4v) is 3.14. The summed E-state index contributed by atoms with van der Waals surface area (Å²) in [5, 5.41) is 10.2. The van der Waals surface area contributed by atoms with Crippen LogP contribution in [0, 0.1) is 0 Å². The Bertz CT molecular complexity index is 974. The van der Waals surface area contributed by atoms with Gasteiger partial charge in [-0.05, 0) is 37.7 Å². The lowest BCUT2D eigenvalue weighted by molar-refractivity contribution is -0.144. The molecule has 0 spiro atoms. The Kier molecular flexibility index (Phi) is 6.11. The SMILES string of the molecule is COc1ccc(CN(C)Cc2ccccc2OC(C)C(=O)O)c2cccnc12. The molecule has 1 heterocycles. The van der Waals surface area contributed by atoms with Crippen molar-refractivity contribution in [1.82, 2.24) is 9.88 Å². The molecule has 0 saturated carbocycles. The van der Waals surface area contributed by atoms with Crippen molar-refractivity contribution in [2.45, 2.75) is 26.1 Å². The minimum absolute atomic E-state index is 0.588. The molecule has 3 aromatic rings. The van der Waals surface area contributed by atoms with E-state index in [0.717, 1.165) is 27.8 Å². The van der Waals surface area contributed by atoms with Crippen molar-refractivity contribution in [3.8, 4) is 11.5 Å². The van der Waals surface area contributed by atoms with Crippen LogP contribution >= 0.6 is 0 Å². The first-order valence-electron chi connectivity index (χ1n) is 9.06. The van der Waals surface area contributed by atoms with Crippen LogP contribution in [0.4, 0.5) is 0 Å². The van der Waals surface area contributed by atoms with Crippen molar-refractivity contribution >= 4 is 16.9 Å². The van der Waals surface area contributed by atoms with E-state index in [1.54, 1.807) is 19.4 Å². The topological polar surface area (TPSA) is 71.9 Å². The highest BCUT2D eigenvalue weighted by Crippen LogP contribution is 2.28. The number of carbonyl (C=O) groups is 1. The van der Waals surface area contributed by atoms with Crippen molar-refractivity contribution in [1.29, 1.82) is 0 Å². The normalized spacial score (nSPS) is 12.1. The molecule has 6 nitrogen and oxygen atoms in total. The summed E-state index contributed by atoms with van der Waals surface area (Å²) in [4.78, 5) is 17.7. The minimum Gasteiger partial charge on any atom is -0.494 e. The highest BCUT2D eigenvalue weighted by molar-refractivity contribution is 5.87. The molecule has 146 valence electrons. The van der Waals surface area contributed by atoms with Crippen LogP contribution in [0.5, 0.6) is 11.5 Å². The third kappa shape index (κ3) is 4.40. The Hall–Kier alpha value is -3.12. The zero-order valence-electron chi connectivity index (χ0n) is 16.3. The van der Waals surface area contributed by atoms with Crippen LogP contribution in [-0.2, 0) is 17.9 Å². The third-order valence-corrected chi connectivity index (χ3v) is 4.55. The minimum atomic E-state index is -0.986. The molecule has 0 saturated heterocycles. The van der Waals surface area contributed by atoms with Crippen LogP contribution in [0.25, 0.3) is 10.9 Å². The summed E-state index contributed by atoms with van der Waals surface area (Å²) in [5.41, 5.74) is 2.92. The van der Waals surface area contributed by atoms with Gasteiger partial charge in [-0.25, -0.2) is 4.79 Å². The molecule has 0 radical (unpaired) electrons. The zero-order chi connectivity index (χ0) is 20.1. The Morgan fingerprint density at radius 2 is 1.82 bits per heavy atom. The number of ether oxygens (including phenoxy) is 2. The summed E-state index contributed by atoms with van der Waals surface area (Å²) in [6, 6.07) is 15.5. The number of nitrogens with zero attached hydrogens (tertiary/aromatic N) is 2. The van der Waals surface area contributed by atoms with Gasteiger partial charge >= 0.3 is 5.97 Å². The molecule has 6 heteroatoms. The molecule has 28 heavy (non-hydrogen) atoms. The summed E-state index contributed by atoms with van der Waals surface area (Å²) in [5.74, 6) is 0.356. The Balaban J connectivity index is 1.80. The first-order chi connectivity index (χ1) is 13.5. The molecule has 0 bridgehead atoms. The van der Waals surface area contributed by atoms with E-state index in [4.69, 9.17) is 14.6 Å². The summed E-state index contributed by atoms with van der Waals surface area (Å²) < 4.78 is 11.0. The van der Waals surface area contributed by atoms with E-state index < -0.39 is 12.1 Å². The van der Waals surface area contributed by atoms with Gasteiger partial charge in [-0.3, -0.25) is 9.88 Å². The Morgan fingerprint density at radius 1 is 1.07 bits per heavy atom. The summed E-state index contributed by atoms with van der Waals surface area (Å²) >= 11 is 0. The van der Waals surface area contributed by atoms with Crippen molar-refractivity contribution in [2.24, 2.45) is 0 Å². The van der Waals surface area contributed by atoms with Crippen LogP contribution in [0.15, 0.2) is 54.7 Å². The van der Waals surface area contributed by atoms with Gasteiger partial charge in [0.25, 0.3) is 0 Å². The highest BCUT2D eigenvalue weighted by atomic mass is 16.5. The number of methoxy groups -OCH3 is 1. The van der Waals surface area contributed by atoms with Crippen molar-refractivity contribution < 1.29 is 19.4 Å². The van der Waals surface area contributed by atoms with E-state index in [9.17, 15) is 4.79 Å². The van der Waals surface area contributed by atoms with Gasteiger partial charge in [0.05, 0.1) is 7.11 Å². The van der Waals surface area contributed by atoms with Gasteiger partial charge in [0.15, 0.2) is 6.10 Å². The molecular weight excluding hydrogens is 356 g/mol. The van der Waals surface area contributed by atoms with Gasteiger partial charge in [-0.2, -0.15) is 0 Å². The van der Waals surface area contributed by atoms with E-state index in [1.165, 1.54) is 6.92 Å². The second kappa shape index (κ2) is 8.71. The van der Waals surface area contributed by atoms with Gasteiger partial charge in [-0.15, -0.1) is 0 Å². The van der Waals surface area contributed by atoms with Crippen LogP contribution in [0.2, 0.25) is 0 Å². The third-order valence-electron chi connectivity index (χ3n) is 4.55. The van der Waals surface area contributed by atoms with E-state index in [1.807, 2.05) is 49.5 Å². The van der Waals surface area contributed by atoms with Gasteiger partial charge < -0.3 is 14.6 Å². The van der Waals surface area contributed by atoms with Crippen LogP contribution < -0.4 is 9.47 Å². The van der Waals surface area contributed by atoms with Crippen molar-refractivity contribution in [3.63, 3.8) is 0 Å². The van der Waals surface area contributed by atoms with Gasteiger partial charge in [0.1, 0.15) is 17.0 Å². The number of rotatable bonds is 8. The van der Waals surface area contributed by atoms with Gasteiger partial charge in [-0.1, -0.05) is 30.3 Å². The first kappa shape index (κ1) is 19.6. The molecule has 0 aliphatic rings. The monoisotopic (exact) mass is 380 g/mol. The lowest BCUT2D eigenvalue weighted by Gasteiger charge is -2.21. The maximum absolute atomic E-state index is 11.1. The molecule has 0 aliphatic carbocycles. The average molecular weight is 380 g/mol. The first-order valence-corrected chi connectivity index (χ1v) is 9.06. The quantitative estimate of drug-likeness (QED) is 0.642. The molecule has 2 aromatic carbocycles. The lowest BCUT2D eigenvalue weighted by Crippen LogP contribution is -2.24. The zero-order valence-corrected chi connectivity index (χ0v) is 16.3. The number of carboxylic acids is 1. The van der Waals surface area contributed by atoms with Crippen LogP contribution in [0.3, 0.4) is 0 Å². The molecule has 1 N–H and O–H groups in total. The molecule has 1 unspecified atom stereocenters. The maximum Gasteiger partial charge on any atom is 0.344 e.